The van der Waals surface area contributed by atoms with Crippen LogP contribution in [0.15, 0.2) is 6.33 Å². The number of imidazole rings is 1. The van der Waals surface area contributed by atoms with E-state index in [1.165, 1.54) is 11.2 Å². The molecule has 0 aliphatic carbocycles. The number of nitrogens with zero attached hydrogens (tertiary/aromatic N) is 2. The first-order valence-corrected chi connectivity index (χ1v) is 7.30. The fraction of sp³-hybridized carbons (Fsp3) is 0.545. The number of amides is 2. The largest absolute Gasteiger partial charge is 0.480 e. The number of nitrogens with one attached hydrogen (secondary N) is 2. The molecule has 19 heavy (non-hydrogen) atoms. The Morgan fingerprint density at radius 2 is 2.47 bits per heavy atom. The van der Waals surface area contributed by atoms with Crippen LogP contribution in [0.3, 0.4) is 0 Å². The summed E-state index contributed by atoms with van der Waals surface area (Å²) in [5, 5.41) is 12.0. The standard InChI is InChI=1S/C11H16N4O3S/c1-19-3-2-12-11(18)15-5-8-7(13-6-14-8)4-9(15)10(16)17/h6,9H,2-5H2,1H3,(H,12,18)(H,13,14)(H,16,17). The van der Waals surface area contributed by atoms with Crippen LogP contribution in [0.25, 0.3) is 0 Å². The number of thioether (sulfide) groups is 1. The quantitative estimate of drug-likeness (QED) is 0.690. The molecule has 0 saturated carbocycles. The Labute approximate surface area is 114 Å². The highest BCUT2D eigenvalue weighted by Crippen LogP contribution is 2.20. The molecular weight excluding hydrogens is 268 g/mol. The van der Waals surface area contributed by atoms with E-state index >= 15 is 0 Å². The summed E-state index contributed by atoms with van der Waals surface area (Å²) in [5.74, 6) is -0.208. The summed E-state index contributed by atoms with van der Waals surface area (Å²) in [6, 6.07) is -1.20. The van der Waals surface area contributed by atoms with Crippen molar-refractivity contribution in [3.8, 4) is 0 Å². The van der Waals surface area contributed by atoms with Crippen LogP contribution in [0, 0.1) is 0 Å². The summed E-state index contributed by atoms with van der Waals surface area (Å²) in [4.78, 5) is 31.6. The number of hydrogen-bond donors (Lipinski definition) is 3. The van der Waals surface area contributed by atoms with E-state index in [0.717, 1.165) is 17.1 Å². The molecule has 1 aromatic heterocycles. The first kappa shape index (κ1) is 13.7. The molecule has 0 fully saturated rings. The molecule has 8 heteroatoms. The average molecular weight is 284 g/mol. The van der Waals surface area contributed by atoms with Gasteiger partial charge in [0.1, 0.15) is 6.04 Å². The second kappa shape index (κ2) is 5.96. The number of aromatic amines is 1. The second-order valence-electron chi connectivity index (χ2n) is 4.24. The van der Waals surface area contributed by atoms with Gasteiger partial charge in [0.05, 0.1) is 24.3 Å². The lowest BCUT2D eigenvalue weighted by atomic mass is 10.0. The van der Waals surface area contributed by atoms with Crippen molar-refractivity contribution in [3.63, 3.8) is 0 Å². The van der Waals surface area contributed by atoms with E-state index < -0.39 is 12.0 Å². The zero-order valence-electron chi connectivity index (χ0n) is 10.5. The monoisotopic (exact) mass is 284 g/mol. The maximum Gasteiger partial charge on any atom is 0.326 e. The topological polar surface area (TPSA) is 98.3 Å². The Bertz CT molecular complexity index is 476. The first-order valence-electron chi connectivity index (χ1n) is 5.90. The van der Waals surface area contributed by atoms with Gasteiger partial charge in [-0.25, -0.2) is 14.6 Å². The van der Waals surface area contributed by atoms with Gasteiger partial charge in [0, 0.05) is 18.7 Å². The normalized spacial score (nSPS) is 17.9. The molecule has 3 N–H and O–H groups in total. The lowest BCUT2D eigenvalue weighted by Gasteiger charge is -2.32. The predicted molar refractivity (Wildman–Crippen MR) is 71.0 cm³/mol. The van der Waals surface area contributed by atoms with Gasteiger partial charge in [-0.15, -0.1) is 0 Å². The summed E-state index contributed by atoms with van der Waals surface area (Å²) in [6.45, 7) is 0.774. The molecule has 1 aliphatic rings. The molecule has 0 spiro atoms. The third kappa shape index (κ3) is 3.01. The van der Waals surface area contributed by atoms with E-state index in [-0.39, 0.29) is 19.0 Å². The molecule has 2 heterocycles. The van der Waals surface area contributed by atoms with Crippen molar-refractivity contribution in [2.24, 2.45) is 0 Å². The third-order valence-electron chi connectivity index (χ3n) is 3.03. The number of aliphatic carboxylic acids is 1. The summed E-state index contributed by atoms with van der Waals surface area (Å²) < 4.78 is 0. The molecule has 0 saturated heterocycles. The van der Waals surface area contributed by atoms with Crippen LogP contribution in [0.1, 0.15) is 11.4 Å². The number of H-pyrrole nitrogens is 1. The molecular formula is C11H16N4O3S. The lowest BCUT2D eigenvalue weighted by Crippen LogP contribution is -2.52. The maximum absolute atomic E-state index is 12.0. The second-order valence-corrected chi connectivity index (χ2v) is 5.22. The molecule has 1 atom stereocenters. The number of carboxylic acid groups (broad SMARTS) is 1. The zero-order valence-corrected chi connectivity index (χ0v) is 11.4. The van der Waals surface area contributed by atoms with Crippen LogP contribution in [0.2, 0.25) is 0 Å². The van der Waals surface area contributed by atoms with Gasteiger partial charge < -0.3 is 20.3 Å². The Morgan fingerprint density at radius 3 is 3.16 bits per heavy atom. The van der Waals surface area contributed by atoms with Gasteiger partial charge in [-0.05, 0) is 6.26 Å². The summed E-state index contributed by atoms with van der Waals surface area (Å²) in [6.07, 6.45) is 3.72. The van der Waals surface area contributed by atoms with Crippen molar-refractivity contribution in [2.45, 2.75) is 19.0 Å². The van der Waals surface area contributed by atoms with E-state index in [1.54, 1.807) is 11.8 Å². The van der Waals surface area contributed by atoms with E-state index in [9.17, 15) is 14.7 Å². The van der Waals surface area contributed by atoms with Gasteiger partial charge >= 0.3 is 12.0 Å². The van der Waals surface area contributed by atoms with Crippen LogP contribution in [-0.2, 0) is 17.8 Å². The summed E-state index contributed by atoms with van der Waals surface area (Å²) in [5.41, 5.74) is 1.53. The maximum atomic E-state index is 12.0. The molecule has 1 aromatic rings. The van der Waals surface area contributed by atoms with Gasteiger partial charge in [0.2, 0.25) is 0 Å². The minimum Gasteiger partial charge on any atom is -0.480 e. The van der Waals surface area contributed by atoms with Gasteiger partial charge in [-0.1, -0.05) is 0 Å². The Morgan fingerprint density at radius 1 is 1.68 bits per heavy atom. The minimum atomic E-state index is -1.01. The molecule has 1 unspecified atom stereocenters. The van der Waals surface area contributed by atoms with Crippen LogP contribution in [-0.4, -0.2) is 56.6 Å². The van der Waals surface area contributed by atoms with Crippen LogP contribution < -0.4 is 5.32 Å². The highest BCUT2D eigenvalue weighted by atomic mass is 32.2. The molecule has 1 aliphatic heterocycles. The smallest absolute Gasteiger partial charge is 0.326 e. The van der Waals surface area contributed by atoms with Crippen LogP contribution in [0.4, 0.5) is 4.79 Å². The number of hydrogen-bond acceptors (Lipinski definition) is 4. The zero-order chi connectivity index (χ0) is 13.8. The van der Waals surface area contributed by atoms with Gasteiger partial charge in [0.25, 0.3) is 0 Å². The Balaban J connectivity index is 2.09. The fourth-order valence-electron chi connectivity index (χ4n) is 2.03. The number of fused-ring (bicyclic) bond motifs is 1. The summed E-state index contributed by atoms with van der Waals surface area (Å²) in [7, 11) is 0. The van der Waals surface area contributed by atoms with Gasteiger partial charge in [-0.2, -0.15) is 11.8 Å². The van der Waals surface area contributed by atoms with Crippen LogP contribution >= 0.6 is 11.8 Å². The molecule has 2 amide bonds. The predicted octanol–water partition coefficient (Wildman–Crippen LogP) is 0.294. The summed E-state index contributed by atoms with van der Waals surface area (Å²) >= 11 is 1.62. The van der Waals surface area contributed by atoms with Crippen molar-refractivity contribution >= 4 is 23.8 Å². The molecule has 0 aromatic carbocycles. The number of rotatable bonds is 4. The number of carboxylic acids is 1. The Hall–Kier alpha value is -1.70. The van der Waals surface area contributed by atoms with E-state index in [1.807, 2.05) is 6.26 Å². The van der Waals surface area contributed by atoms with Crippen molar-refractivity contribution in [3.05, 3.63) is 17.7 Å². The molecule has 0 radical (unpaired) electrons. The number of carbonyl (C=O) groups excluding carboxylic acids is 1. The van der Waals surface area contributed by atoms with Gasteiger partial charge in [-0.3, -0.25) is 0 Å². The van der Waals surface area contributed by atoms with Gasteiger partial charge in [0.15, 0.2) is 0 Å². The van der Waals surface area contributed by atoms with Crippen molar-refractivity contribution in [1.29, 1.82) is 0 Å². The molecule has 7 nitrogen and oxygen atoms in total. The average Bonchev–Trinajstić information content (AvgIpc) is 2.84. The van der Waals surface area contributed by atoms with Crippen molar-refractivity contribution in [1.82, 2.24) is 20.2 Å². The third-order valence-corrected chi connectivity index (χ3v) is 3.64. The van der Waals surface area contributed by atoms with Crippen molar-refractivity contribution < 1.29 is 14.7 Å². The highest BCUT2D eigenvalue weighted by Gasteiger charge is 2.35. The number of urea groups is 1. The van der Waals surface area contributed by atoms with E-state index in [4.69, 9.17) is 0 Å². The fourth-order valence-corrected chi connectivity index (χ4v) is 2.34. The van der Waals surface area contributed by atoms with Crippen molar-refractivity contribution in [2.75, 3.05) is 18.6 Å². The van der Waals surface area contributed by atoms with E-state index in [2.05, 4.69) is 15.3 Å². The molecule has 0 bridgehead atoms. The van der Waals surface area contributed by atoms with E-state index in [0.29, 0.717) is 6.54 Å². The highest BCUT2D eigenvalue weighted by molar-refractivity contribution is 7.98. The number of aromatic nitrogens is 2. The SMILES string of the molecule is CSCCNC(=O)N1Cc2[nH]cnc2CC1C(=O)O. The first-order chi connectivity index (χ1) is 9.13. The number of carbonyl (C=O) groups is 2. The lowest BCUT2D eigenvalue weighted by molar-refractivity contribution is -0.142. The molecule has 104 valence electrons. The van der Waals surface area contributed by atoms with Crippen LogP contribution in [0.5, 0.6) is 0 Å². The Kier molecular flexibility index (Phi) is 4.31. The minimum absolute atomic E-state index is 0.240. The molecule has 2 rings (SSSR count).